The van der Waals surface area contributed by atoms with Crippen LogP contribution in [0, 0.1) is 0 Å². The van der Waals surface area contributed by atoms with Gasteiger partial charge in [0.25, 0.3) is 0 Å². The van der Waals surface area contributed by atoms with Crippen molar-refractivity contribution in [2.24, 2.45) is 0 Å². The van der Waals surface area contributed by atoms with Crippen molar-refractivity contribution in [2.45, 2.75) is 38.2 Å². The number of hydrogen-bond donors (Lipinski definition) is 2. The Bertz CT molecular complexity index is 743. The van der Waals surface area contributed by atoms with Gasteiger partial charge in [0.1, 0.15) is 0 Å². The molecule has 0 aliphatic carbocycles. The Morgan fingerprint density at radius 1 is 1.10 bits per heavy atom. The molecular weight excluding hydrogens is 408 g/mol. The monoisotopic (exact) mass is 427 g/mol. The summed E-state index contributed by atoms with van der Waals surface area (Å²) in [4.78, 5) is 24.4. The van der Waals surface area contributed by atoms with Gasteiger partial charge in [0.15, 0.2) is 0 Å². The van der Waals surface area contributed by atoms with Gasteiger partial charge in [-0.15, -0.1) is 0 Å². The number of nitrogens with zero attached hydrogens (tertiary/aromatic N) is 1. The smallest absolute Gasteiger partial charge is 0.450 e. The molecule has 2 rings (SSSR count). The Morgan fingerprint density at radius 2 is 1.72 bits per heavy atom. The average molecular weight is 427 g/mol. The highest BCUT2D eigenvalue weighted by Crippen LogP contribution is 2.35. The predicted molar refractivity (Wildman–Crippen MR) is 91.4 cm³/mol. The summed E-state index contributed by atoms with van der Waals surface area (Å²) in [6.07, 6.45) is -9.74. The van der Waals surface area contributed by atoms with Crippen LogP contribution in [0.5, 0.6) is 0 Å². The first-order valence-corrected chi connectivity index (χ1v) is 8.69. The first-order valence-electron chi connectivity index (χ1n) is 8.69. The molecule has 1 heterocycles. The summed E-state index contributed by atoms with van der Waals surface area (Å²) in [7, 11) is 0. The molecule has 6 nitrogen and oxygen atoms in total. The van der Waals surface area contributed by atoms with Crippen LogP contribution >= 0.6 is 0 Å². The van der Waals surface area contributed by atoms with Crippen molar-refractivity contribution < 1.29 is 40.7 Å². The maximum absolute atomic E-state index is 12.9. The van der Waals surface area contributed by atoms with Crippen LogP contribution in [-0.4, -0.2) is 48.8 Å². The lowest BCUT2D eigenvalue weighted by Crippen LogP contribution is -2.42. The zero-order valence-electron chi connectivity index (χ0n) is 15.3. The molecule has 0 saturated carbocycles. The van der Waals surface area contributed by atoms with E-state index in [1.165, 1.54) is 10.2 Å². The normalized spacial score (nSPS) is 15.8. The topological polar surface area (TPSA) is 70.7 Å². The highest BCUT2D eigenvalue weighted by atomic mass is 19.4. The Kier molecular flexibility index (Phi) is 6.85. The van der Waals surface area contributed by atoms with E-state index in [1.807, 2.05) is 0 Å². The van der Waals surface area contributed by atoms with Crippen LogP contribution in [0.2, 0.25) is 0 Å². The highest BCUT2D eigenvalue weighted by molar-refractivity contribution is 5.97. The Hall–Kier alpha value is -2.66. The molecule has 1 saturated heterocycles. The zero-order chi connectivity index (χ0) is 21.8. The number of piperidine rings is 1. The SMILES string of the molecule is CCOC(=O)N1CCC(Nc2ccc(C(F)(F)F)cc2NC(=O)C(F)(F)F)CC1. The third kappa shape index (κ3) is 6.16. The van der Waals surface area contributed by atoms with Crippen LogP contribution in [0.15, 0.2) is 18.2 Å². The van der Waals surface area contributed by atoms with Gasteiger partial charge in [-0.3, -0.25) is 4.79 Å². The van der Waals surface area contributed by atoms with Gasteiger partial charge in [0, 0.05) is 19.1 Å². The number of nitrogens with one attached hydrogen (secondary N) is 2. The molecule has 12 heteroatoms. The molecule has 0 radical (unpaired) electrons. The molecule has 1 aromatic rings. The molecular formula is C17H19F6N3O3. The first-order chi connectivity index (χ1) is 13.4. The fourth-order valence-corrected chi connectivity index (χ4v) is 2.78. The summed E-state index contributed by atoms with van der Waals surface area (Å²) in [6, 6.07) is 1.80. The third-order valence-electron chi connectivity index (χ3n) is 4.23. The average Bonchev–Trinajstić information content (AvgIpc) is 2.62. The number of rotatable bonds is 4. The number of ether oxygens (including phenoxy) is 1. The van der Waals surface area contributed by atoms with Crippen LogP contribution in [0.4, 0.5) is 42.5 Å². The number of hydrogen-bond acceptors (Lipinski definition) is 4. The summed E-state index contributed by atoms with van der Waals surface area (Å²) in [5, 5.41) is 4.33. The summed E-state index contributed by atoms with van der Waals surface area (Å²) in [5.74, 6) is -2.38. The summed E-state index contributed by atoms with van der Waals surface area (Å²) in [6.45, 7) is 2.49. The van der Waals surface area contributed by atoms with E-state index in [0.717, 1.165) is 6.07 Å². The van der Waals surface area contributed by atoms with Crippen molar-refractivity contribution in [1.29, 1.82) is 0 Å². The lowest BCUT2D eigenvalue weighted by molar-refractivity contribution is -0.167. The second kappa shape index (κ2) is 8.78. The Morgan fingerprint density at radius 3 is 2.24 bits per heavy atom. The maximum Gasteiger partial charge on any atom is 0.471 e. The van der Waals surface area contributed by atoms with Crippen molar-refractivity contribution in [3.05, 3.63) is 23.8 Å². The molecule has 0 spiro atoms. The number of benzene rings is 1. The van der Waals surface area contributed by atoms with Crippen molar-refractivity contribution in [2.75, 3.05) is 30.3 Å². The minimum Gasteiger partial charge on any atom is -0.450 e. The molecule has 0 unspecified atom stereocenters. The maximum atomic E-state index is 12.9. The second-order valence-electron chi connectivity index (χ2n) is 6.31. The van der Waals surface area contributed by atoms with Crippen LogP contribution in [0.3, 0.4) is 0 Å². The largest absolute Gasteiger partial charge is 0.471 e. The van der Waals surface area contributed by atoms with Crippen LogP contribution in [-0.2, 0) is 15.7 Å². The Balaban J connectivity index is 2.15. The van der Waals surface area contributed by atoms with Gasteiger partial charge >= 0.3 is 24.4 Å². The number of halogens is 6. The molecule has 2 N–H and O–H groups in total. The van der Waals surface area contributed by atoms with E-state index in [2.05, 4.69) is 5.32 Å². The van der Waals surface area contributed by atoms with Gasteiger partial charge < -0.3 is 20.3 Å². The number of carbonyl (C=O) groups excluding carboxylic acids is 2. The van der Waals surface area contributed by atoms with Gasteiger partial charge in [-0.1, -0.05) is 0 Å². The number of alkyl halides is 6. The van der Waals surface area contributed by atoms with E-state index in [4.69, 9.17) is 4.74 Å². The molecule has 1 fully saturated rings. The van der Waals surface area contributed by atoms with E-state index in [1.54, 1.807) is 6.92 Å². The van der Waals surface area contributed by atoms with Gasteiger partial charge in [0.05, 0.1) is 23.5 Å². The van der Waals surface area contributed by atoms with Crippen molar-refractivity contribution in [3.63, 3.8) is 0 Å². The molecule has 29 heavy (non-hydrogen) atoms. The zero-order valence-corrected chi connectivity index (χ0v) is 15.3. The molecule has 0 atom stereocenters. The van der Waals surface area contributed by atoms with Gasteiger partial charge in [0.2, 0.25) is 0 Å². The third-order valence-corrected chi connectivity index (χ3v) is 4.23. The second-order valence-corrected chi connectivity index (χ2v) is 6.31. The first kappa shape index (κ1) is 22.6. The number of carbonyl (C=O) groups is 2. The van der Waals surface area contributed by atoms with Crippen LogP contribution < -0.4 is 10.6 Å². The minimum atomic E-state index is -5.25. The summed E-state index contributed by atoms with van der Waals surface area (Å²) in [5.41, 5.74) is -1.90. The fraction of sp³-hybridized carbons (Fsp3) is 0.529. The molecule has 0 aromatic heterocycles. The van der Waals surface area contributed by atoms with Crippen LogP contribution in [0.1, 0.15) is 25.3 Å². The van der Waals surface area contributed by atoms with E-state index in [0.29, 0.717) is 38.1 Å². The molecule has 2 amide bonds. The Labute approximate surface area is 162 Å². The van der Waals surface area contributed by atoms with Gasteiger partial charge in [-0.25, -0.2) is 4.79 Å². The summed E-state index contributed by atoms with van der Waals surface area (Å²) < 4.78 is 81.2. The standard InChI is InChI=1S/C17H19F6N3O3/c1-2-29-15(28)26-7-5-11(6-8-26)24-12-4-3-10(16(18,19)20)9-13(12)25-14(27)17(21,22)23/h3-4,9,11,24H,2,5-8H2,1H3,(H,25,27). The minimum absolute atomic E-state index is 0.0785. The lowest BCUT2D eigenvalue weighted by atomic mass is 10.0. The van der Waals surface area contributed by atoms with Gasteiger partial charge in [-0.2, -0.15) is 26.3 Å². The lowest BCUT2D eigenvalue weighted by Gasteiger charge is -2.32. The molecule has 0 bridgehead atoms. The van der Waals surface area contributed by atoms with E-state index in [9.17, 15) is 35.9 Å². The molecule has 1 aliphatic rings. The predicted octanol–water partition coefficient (Wildman–Crippen LogP) is 4.24. The molecule has 1 aromatic carbocycles. The highest BCUT2D eigenvalue weighted by Gasteiger charge is 2.39. The fourth-order valence-electron chi connectivity index (χ4n) is 2.78. The van der Waals surface area contributed by atoms with Crippen molar-refractivity contribution >= 4 is 23.4 Å². The van der Waals surface area contributed by atoms with Crippen molar-refractivity contribution in [1.82, 2.24) is 4.90 Å². The van der Waals surface area contributed by atoms with E-state index < -0.39 is 35.6 Å². The van der Waals surface area contributed by atoms with Crippen molar-refractivity contribution in [3.8, 4) is 0 Å². The van der Waals surface area contributed by atoms with Gasteiger partial charge in [-0.05, 0) is 38.0 Å². The quantitative estimate of drug-likeness (QED) is 0.706. The molecule has 1 aliphatic heterocycles. The van der Waals surface area contributed by atoms with E-state index in [-0.39, 0.29) is 18.3 Å². The number of anilines is 2. The van der Waals surface area contributed by atoms with E-state index >= 15 is 0 Å². The number of amides is 2. The van der Waals surface area contributed by atoms with Crippen LogP contribution in [0.25, 0.3) is 0 Å². The summed E-state index contributed by atoms with van der Waals surface area (Å²) >= 11 is 0. The molecule has 162 valence electrons. The number of likely N-dealkylation sites (tertiary alicyclic amines) is 1.